The van der Waals surface area contributed by atoms with Gasteiger partial charge in [-0.3, -0.25) is 0 Å². The predicted molar refractivity (Wildman–Crippen MR) is 90.8 cm³/mol. The first kappa shape index (κ1) is 16.4. The predicted octanol–water partition coefficient (Wildman–Crippen LogP) is 3.82. The molecule has 2 N–H and O–H groups in total. The smallest absolute Gasteiger partial charge is 0.122 e. The number of hydrogen-bond acceptors (Lipinski definition) is 3. The monoisotopic (exact) mass is 299 g/mol. The van der Waals surface area contributed by atoms with E-state index < -0.39 is 0 Å². The third kappa shape index (κ3) is 4.01. The van der Waals surface area contributed by atoms with Gasteiger partial charge in [-0.1, -0.05) is 35.9 Å². The van der Waals surface area contributed by atoms with Gasteiger partial charge >= 0.3 is 0 Å². The summed E-state index contributed by atoms with van der Waals surface area (Å²) < 4.78 is 11.4. The topological polar surface area (TPSA) is 44.5 Å². The lowest BCUT2D eigenvalue weighted by molar-refractivity contribution is 0.294. The Labute approximate surface area is 133 Å². The molecule has 2 aromatic rings. The highest BCUT2D eigenvalue weighted by atomic mass is 16.5. The van der Waals surface area contributed by atoms with Crippen LogP contribution in [0, 0.1) is 13.8 Å². The van der Waals surface area contributed by atoms with Crippen LogP contribution in [0.2, 0.25) is 0 Å². The number of benzene rings is 2. The van der Waals surface area contributed by atoms with Gasteiger partial charge in [0.15, 0.2) is 0 Å². The van der Waals surface area contributed by atoms with Crippen molar-refractivity contribution >= 4 is 0 Å². The van der Waals surface area contributed by atoms with E-state index in [0.29, 0.717) is 13.2 Å². The van der Waals surface area contributed by atoms with Crippen molar-refractivity contribution in [2.45, 2.75) is 26.2 Å². The summed E-state index contributed by atoms with van der Waals surface area (Å²) in [7, 11) is 1.70. The molecule has 0 heterocycles. The third-order valence-electron chi connectivity index (χ3n) is 3.93. The molecule has 1 unspecified atom stereocenters. The van der Waals surface area contributed by atoms with Crippen LogP contribution in [0.5, 0.6) is 11.5 Å². The Kier molecular flexibility index (Phi) is 5.84. The molecule has 2 aromatic carbocycles. The van der Waals surface area contributed by atoms with E-state index in [1.54, 1.807) is 7.11 Å². The Morgan fingerprint density at radius 1 is 1.05 bits per heavy atom. The number of aryl methyl sites for hydroxylation is 2. The van der Waals surface area contributed by atoms with Crippen LogP contribution in [-0.4, -0.2) is 20.3 Å². The molecule has 0 saturated heterocycles. The zero-order valence-corrected chi connectivity index (χ0v) is 13.6. The fraction of sp³-hybridized carbons (Fsp3) is 0.368. The molecule has 0 aromatic heterocycles. The maximum absolute atomic E-state index is 5.98. The average molecular weight is 299 g/mol. The number of rotatable bonds is 7. The SMILES string of the molecule is COc1ccc(C)cc1C(CN)CCOc1ccccc1C. The van der Waals surface area contributed by atoms with Crippen LogP contribution in [0.1, 0.15) is 29.0 Å². The summed E-state index contributed by atoms with van der Waals surface area (Å²) in [5.74, 6) is 2.07. The molecular weight excluding hydrogens is 274 g/mol. The molecular formula is C19H25NO2. The van der Waals surface area contributed by atoms with Gasteiger partial charge in [0.25, 0.3) is 0 Å². The summed E-state index contributed by atoms with van der Waals surface area (Å²) >= 11 is 0. The van der Waals surface area contributed by atoms with Gasteiger partial charge in [-0.15, -0.1) is 0 Å². The van der Waals surface area contributed by atoms with Crippen LogP contribution in [-0.2, 0) is 0 Å². The Bertz CT molecular complexity index is 610. The van der Waals surface area contributed by atoms with Crippen LogP contribution in [0.3, 0.4) is 0 Å². The Balaban J connectivity index is 2.04. The van der Waals surface area contributed by atoms with Crippen LogP contribution in [0.4, 0.5) is 0 Å². The highest BCUT2D eigenvalue weighted by Gasteiger charge is 2.15. The van der Waals surface area contributed by atoms with Gasteiger partial charge in [0, 0.05) is 5.92 Å². The normalized spacial score (nSPS) is 12.0. The van der Waals surface area contributed by atoms with Crippen molar-refractivity contribution < 1.29 is 9.47 Å². The molecule has 118 valence electrons. The first-order chi connectivity index (χ1) is 10.7. The molecule has 0 amide bonds. The Morgan fingerprint density at radius 2 is 1.82 bits per heavy atom. The van der Waals surface area contributed by atoms with Gasteiger partial charge in [0.05, 0.1) is 13.7 Å². The zero-order valence-electron chi connectivity index (χ0n) is 13.6. The molecule has 22 heavy (non-hydrogen) atoms. The van der Waals surface area contributed by atoms with Gasteiger partial charge in [0.1, 0.15) is 11.5 Å². The quantitative estimate of drug-likeness (QED) is 0.845. The minimum Gasteiger partial charge on any atom is -0.496 e. The maximum Gasteiger partial charge on any atom is 0.122 e. The number of nitrogens with two attached hydrogens (primary N) is 1. The molecule has 3 nitrogen and oxygen atoms in total. The summed E-state index contributed by atoms with van der Waals surface area (Å²) in [5, 5.41) is 0. The number of methoxy groups -OCH3 is 1. The lowest BCUT2D eigenvalue weighted by Gasteiger charge is -2.19. The maximum atomic E-state index is 5.98. The summed E-state index contributed by atoms with van der Waals surface area (Å²) in [6.45, 7) is 5.36. The van der Waals surface area contributed by atoms with Crippen LogP contribution < -0.4 is 15.2 Å². The molecule has 0 radical (unpaired) electrons. The van der Waals surface area contributed by atoms with Gasteiger partial charge in [-0.2, -0.15) is 0 Å². The Morgan fingerprint density at radius 3 is 2.50 bits per heavy atom. The molecule has 1 atom stereocenters. The molecule has 0 spiro atoms. The second kappa shape index (κ2) is 7.85. The molecule has 0 aliphatic carbocycles. The molecule has 0 fully saturated rings. The molecule has 2 rings (SSSR count). The van der Waals surface area contributed by atoms with E-state index in [1.807, 2.05) is 24.3 Å². The second-order valence-electron chi connectivity index (χ2n) is 5.58. The van der Waals surface area contributed by atoms with E-state index >= 15 is 0 Å². The third-order valence-corrected chi connectivity index (χ3v) is 3.93. The summed E-state index contributed by atoms with van der Waals surface area (Å²) in [6.07, 6.45) is 0.866. The van der Waals surface area contributed by atoms with Crippen LogP contribution in [0.15, 0.2) is 42.5 Å². The number of para-hydroxylation sites is 1. The van der Waals surface area contributed by atoms with E-state index in [9.17, 15) is 0 Å². The van der Waals surface area contributed by atoms with Crippen molar-refractivity contribution in [3.8, 4) is 11.5 Å². The largest absolute Gasteiger partial charge is 0.496 e. The minimum atomic E-state index is 0.235. The minimum absolute atomic E-state index is 0.235. The number of hydrogen-bond donors (Lipinski definition) is 1. The summed E-state index contributed by atoms with van der Waals surface area (Å²) in [6, 6.07) is 14.3. The van der Waals surface area contributed by atoms with E-state index in [4.69, 9.17) is 15.2 Å². The van der Waals surface area contributed by atoms with Gasteiger partial charge < -0.3 is 15.2 Å². The van der Waals surface area contributed by atoms with Crippen LogP contribution in [0.25, 0.3) is 0 Å². The van der Waals surface area contributed by atoms with Gasteiger partial charge in [-0.25, -0.2) is 0 Å². The molecule has 0 bridgehead atoms. The van der Waals surface area contributed by atoms with Crippen molar-refractivity contribution in [2.75, 3.05) is 20.3 Å². The van der Waals surface area contributed by atoms with E-state index in [0.717, 1.165) is 23.5 Å². The second-order valence-corrected chi connectivity index (χ2v) is 5.58. The summed E-state index contributed by atoms with van der Waals surface area (Å²) in [4.78, 5) is 0. The highest BCUT2D eigenvalue weighted by molar-refractivity contribution is 5.39. The molecule has 0 aliphatic heterocycles. The van der Waals surface area contributed by atoms with E-state index in [2.05, 4.69) is 32.0 Å². The van der Waals surface area contributed by atoms with Gasteiger partial charge in [-0.05, 0) is 50.1 Å². The van der Waals surface area contributed by atoms with Crippen molar-refractivity contribution in [1.29, 1.82) is 0 Å². The van der Waals surface area contributed by atoms with Crippen molar-refractivity contribution in [2.24, 2.45) is 5.73 Å². The van der Waals surface area contributed by atoms with Gasteiger partial charge in [0.2, 0.25) is 0 Å². The molecule has 0 aliphatic rings. The lowest BCUT2D eigenvalue weighted by Crippen LogP contribution is -2.16. The molecule has 0 saturated carbocycles. The highest BCUT2D eigenvalue weighted by Crippen LogP contribution is 2.29. The van der Waals surface area contributed by atoms with Crippen molar-refractivity contribution in [1.82, 2.24) is 0 Å². The zero-order chi connectivity index (χ0) is 15.9. The van der Waals surface area contributed by atoms with Crippen LogP contribution >= 0.6 is 0 Å². The van der Waals surface area contributed by atoms with Crippen molar-refractivity contribution in [3.05, 3.63) is 59.2 Å². The lowest BCUT2D eigenvalue weighted by atomic mass is 9.94. The first-order valence-corrected chi connectivity index (χ1v) is 7.68. The average Bonchev–Trinajstić information content (AvgIpc) is 2.53. The number of ether oxygens (including phenoxy) is 2. The van der Waals surface area contributed by atoms with E-state index in [1.165, 1.54) is 11.1 Å². The standard InChI is InChI=1S/C19H25NO2/c1-14-8-9-19(21-3)17(12-14)16(13-20)10-11-22-18-7-5-4-6-15(18)2/h4-9,12,16H,10-11,13,20H2,1-3H3. The molecule has 3 heteroatoms. The fourth-order valence-electron chi connectivity index (χ4n) is 2.60. The summed E-state index contributed by atoms with van der Waals surface area (Å²) in [5.41, 5.74) is 9.51. The first-order valence-electron chi connectivity index (χ1n) is 7.68. The Hall–Kier alpha value is -2.00. The fourth-order valence-corrected chi connectivity index (χ4v) is 2.60. The van der Waals surface area contributed by atoms with E-state index in [-0.39, 0.29) is 5.92 Å². The van der Waals surface area contributed by atoms with Crippen molar-refractivity contribution in [3.63, 3.8) is 0 Å².